The van der Waals surface area contributed by atoms with Crippen molar-refractivity contribution in [3.8, 4) is 0 Å². The van der Waals surface area contributed by atoms with E-state index in [0.717, 1.165) is 17.7 Å². The van der Waals surface area contributed by atoms with Gasteiger partial charge in [0, 0.05) is 50.0 Å². The van der Waals surface area contributed by atoms with Gasteiger partial charge in [0.1, 0.15) is 5.82 Å². The molecule has 0 heterocycles. The topological polar surface area (TPSA) is 52.7 Å². The fraction of sp³-hybridized carbons (Fsp3) is 0.391. The summed E-state index contributed by atoms with van der Waals surface area (Å²) >= 11 is 0. The van der Waals surface area contributed by atoms with Crippen molar-refractivity contribution in [1.29, 1.82) is 0 Å². The molecule has 6 heteroatoms. The van der Waals surface area contributed by atoms with Gasteiger partial charge in [-0.3, -0.25) is 9.59 Å². The van der Waals surface area contributed by atoms with E-state index < -0.39 is 5.82 Å². The highest BCUT2D eigenvalue weighted by molar-refractivity contribution is 6.04. The summed E-state index contributed by atoms with van der Waals surface area (Å²) in [5.41, 5.74) is 2.78. The van der Waals surface area contributed by atoms with Crippen LogP contribution in [0.3, 0.4) is 0 Å². The summed E-state index contributed by atoms with van der Waals surface area (Å²) in [6.07, 6.45) is 1.30. The maximum Gasteiger partial charge on any atom is 0.255 e. The van der Waals surface area contributed by atoms with Crippen LogP contribution in [0.1, 0.15) is 49.5 Å². The van der Waals surface area contributed by atoms with Crippen LogP contribution in [0.5, 0.6) is 0 Å². The predicted octanol–water partition coefficient (Wildman–Crippen LogP) is 4.68. The molecule has 0 aliphatic carbocycles. The van der Waals surface area contributed by atoms with Crippen molar-refractivity contribution in [2.75, 3.05) is 24.3 Å². The van der Waals surface area contributed by atoms with Crippen LogP contribution >= 0.6 is 0 Å². The first-order chi connectivity index (χ1) is 13.8. The predicted molar refractivity (Wildman–Crippen MR) is 116 cm³/mol. The molecule has 2 amide bonds. The van der Waals surface area contributed by atoms with Gasteiger partial charge in [-0.1, -0.05) is 19.9 Å². The lowest BCUT2D eigenvalue weighted by Crippen LogP contribution is -2.37. The summed E-state index contributed by atoms with van der Waals surface area (Å²) in [7, 11) is 3.89. The first-order valence-electron chi connectivity index (χ1n) is 9.93. The third-order valence-corrected chi connectivity index (χ3v) is 4.99. The second kappa shape index (κ2) is 10.0. The molecular formula is C23H30FN3O2. The first-order valence-corrected chi connectivity index (χ1v) is 9.93. The Hall–Kier alpha value is -2.89. The Labute approximate surface area is 172 Å². The van der Waals surface area contributed by atoms with Crippen molar-refractivity contribution >= 4 is 23.2 Å². The van der Waals surface area contributed by atoms with Crippen LogP contribution in [0.25, 0.3) is 0 Å². The zero-order valence-electron chi connectivity index (χ0n) is 17.8. The second-order valence-corrected chi connectivity index (χ2v) is 7.33. The van der Waals surface area contributed by atoms with Gasteiger partial charge in [-0.05, 0) is 55.3 Å². The molecule has 156 valence electrons. The summed E-state index contributed by atoms with van der Waals surface area (Å²) in [5, 5.41) is 2.82. The van der Waals surface area contributed by atoms with Gasteiger partial charge in [0.15, 0.2) is 0 Å². The third-order valence-electron chi connectivity index (χ3n) is 4.99. The number of anilines is 2. The average molecular weight is 400 g/mol. The number of rotatable bonds is 8. The van der Waals surface area contributed by atoms with E-state index in [1.165, 1.54) is 18.2 Å². The number of halogens is 1. The molecule has 0 fully saturated rings. The summed E-state index contributed by atoms with van der Waals surface area (Å²) in [5.74, 6) is -0.738. The molecule has 1 atom stereocenters. The minimum Gasteiger partial charge on any atom is -0.377 e. The van der Waals surface area contributed by atoms with Crippen LogP contribution in [0.2, 0.25) is 0 Å². The van der Waals surface area contributed by atoms with Crippen molar-refractivity contribution in [3.05, 3.63) is 59.4 Å². The van der Waals surface area contributed by atoms with E-state index in [1.54, 1.807) is 6.07 Å². The minimum atomic E-state index is -0.455. The van der Waals surface area contributed by atoms with Crippen molar-refractivity contribution in [1.82, 2.24) is 4.90 Å². The second-order valence-electron chi connectivity index (χ2n) is 7.33. The normalized spacial score (nSPS) is 11.7. The molecule has 0 bridgehead atoms. The number of hydrogen-bond donors (Lipinski definition) is 1. The molecular weight excluding hydrogens is 369 g/mol. The minimum absolute atomic E-state index is 0.0956. The lowest BCUT2D eigenvalue weighted by Gasteiger charge is -2.30. The van der Waals surface area contributed by atoms with E-state index >= 15 is 0 Å². The van der Waals surface area contributed by atoms with E-state index in [1.807, 2.05) is 55.9 Å². The van der Waals surface area contributed by atoms with Gasteiger partial charge in [-0.15, -0.1) is 0 Å². The number of carbonyl (C=O) groups is 2. The van der Waals surface area contributed by atoms with Crippen molar-refractivity contribution in [3.63, 3.8) is 0 Å². The number of nitrogens with zero attached hydrogens (tertiary/aromatic N) is 2. The Balaban J connectivity index is 2.33. The summed E-state index contributed by atoms with van der Waals surface area (Å²) < 4.78 is 13.4. The van der Waals surface area contributed by atoms with E-state index in [4.69, 9.17) is 0 Å². The van der Waals surface area contributed by atoms with E-state index in [2.05, 4.69) is 12.2 Å². The van der Waals surface area contributed by atoms with Gasteiger partial charge in [0.25, 0.3) is 5.91 Å². The molecule has 0 radical (unpaired) electrons. The molecule has 2 aromatic rings. The molecule has 2 aromatic carbocycles. The average Bonchev–Trinajstić information content (AvgIpc) is 2.70. The smallest absolute Gasteiger partial charge is 0.255 e. The van der Waals surface area contributed by atoms with Crippen LogP contribution in [0.4, 0.5) is 15.8 Å². The Morgan fingerprint density at radius 2 is 1.83 bits per heavy atom. The Kier molecular flexibility index (Phi) is 7.76. The molecule has 0 spiro atoms. The van der Waals surface area contributed by atoms with E-state index in [0.29, 0.717) is 18.7 Å². The SMILES string of the molecule is CCC(=O)N(Cc1cc(NC(=O)c2cccc(F)c2)ccc1N(C)C)[C@@H](C)CC. The molecule has 29 heavy (non-hydrogen) atoms. The Morgan fingerprint density at radius 1 is 1.10 bits per heavy atom. The summed E-state index contributed by atoms with van der Waals surface area (Å²) in [4.78, 5) is 28.8. The zero-order valence-corrected chi connectivity index (χ0v) is 17.8. The zero-order chi connectivity index (χ0) is 21.6. The Morgan fingerprint density at radius 3 is 2.41 bits per heavy atom. The molecule has 1 N–H and O–H groups in total. The molecule has 0 unspecified atom stereocenters. The molecule has 0 aromatic heterocycles. The maximum absolute atomic E-state index is 13.4. The fourth-order valence-corrected chi connectivity index (χ4v) is 3.16. The van der Waals surface area contributed by atoms with Crippen LogP contribution in [-0.4, -0.2) is 36.9 Å². The first kappa shape index (κ1) is 22.4. The van der Waals surface area contributed by atoms with Crippen molar-refractivity contribution < 1.29 is 14.0 Å². The van der Waals surface area contributed by atoms with Crippen molar-refractivity contribution in [2.24, 2.45) is 0 Å². The third kappa shape index (κ3) is 5.79. The summed E-state index contributed by atoms with van der Waals surface area (Å²) in [6, 6.07) is 11.3. The number of amides is 2. The largest absolute Gasteiger partial charge is 0.377 e. The van der Waals surface area contributed by atoms with Crippen LogP contribution < -0.4 is 10.2 Å². The maximum atomic E-state index is 13.4. The molecule has 5 nitrogen and oxygen atoms in total. The van der Waals surface area contributed by atoms with Gasteiger partial charge in [0.05, 0.1) is 0 Å². The molecule has 0 saturated carbocycles. The summed E-state index contributed by atoms with van der Waals surface area (Å²) in [6.45, 7) is 6.42. The van der Waals surface area contributed by atoms with Gasteiger partial charge in [-0.2, -0.15) is 0 Å². The highest BCUT2D eigenvalue weighted by Gasteiger charge is 2.20. The monoisotopic (exact) mass is 399 g/mol. The Bertz CT molecular complexity index is 867. The van der Waals surface area contributed by atoms with E-state index in [9.17, 15) is 14.0 Å². The van der Waals surface area contributed by atoms with Gasteiger partial charge in [-0.25, -0.2) is 4.39 Å². The quantitative estimate of drug-likeness (QED) is 0.701. The number of benzene rings is 2. The number of hydrogen-bond acceptors (Lipinski definition) is 3. The highest BCUT2D eigenvalue weighted by atomic mass is 19.1. The number of nitrogens with one attached hydrogen (secondary N) is 1. The van der Waals surface area contributed by atoms with Gasteiger partial charge >= 0.3 is 0 Å². The lowest BCUT2D eigenvalue weighted by atomic mass is 10.1. The van der Waals surface area contributed by atoms with Gasteiger partial charge in [0.2, 0.25) is 5.91 Å². The molecule has 2 rings (SSSR count). The van der Waals surface area contributed by atoms with Crippen LogP contribution in [0, 0.1) is 5.82 Å². The standard InChI is InChI=1S/C23H30FN3O2/c1-6-16(3)27(22(28)7-2)15-18-14-20(11-12-21(18)26(4)5)25-23(29)17-9-8-10-19(24)13-17/h8-14,16H,6-7,15H2,1-5H3,(H,25,29)/t16-/m0/s1. The molecule has 0 aliphatic heterocycles. The van der Waals surface area contributed by atoms with Crippen molar-refractivity contribution in [2.45, 2.75) is 46.2 Å². The molecule has 0 aliphatic rings. The number of carbonyl (C=O) groups excluding carboxylic acids is 2. The van der Waals surface area contributed by atoms with Gasteiger partial charge < -0.3 is 15.1 Å². The van der Waals surface area contributed by atoms with E-state index in [-0.39, 0.29) is 23.4 Å². The van der Waals surface area contributed by atoms with Crippen LogP contribution in [-0.2, 0) is 11.3 Å². The molecule has 0 saturated heterocycles. The highest BCUT2D eigenvalue weighted by Crippen LogP contribution is 2.26. The van der Waals surface area contributed by atoms with Crippen LogP contribution in [0.15, 0.2) is 42.5 Å². The fourth-order valence-electron chi connectivity index (χ4n) is 3.16. The lowest BCUT2D eigenvalue weighted by molar-refractivity contribution is -0.133.